The van der Waals surface area contributed by atoms with Gasteiger partial charge < -0.3 is 20.1 Å². The van der Waals surface area contributed by atoms with E-state index in [1.54, 1.807) is 37.4 Å². The molecule has 38 heavy (non-hydrogen) atoms. The van der Waals surface area contributed by atoms with E-state index in [0.717, 1.165) is 16.6 Å². The molecule has 0 aliphatic carbocycles. The van der Waals surface area contributed by atoms with Crippen LogP contribution >= 0.6 is 11.6 Å². The zero-order chi connectivity index (χ0) is 26.6. The first kappa shape index (κ1) is 25.2. The van der Waals surface area contributed by atoms with Gasteiger partial charge in [-0.25, -0.2) is 9.78 Å². The van der Waals surface area contributed by atoms with Gasteiger partial charge in [-0.05, 0) is 59.2 Å². The molecule has 3 N–H and O–H groups in total. The first-order valence-corrected chi connectivity index (χ1v) is 12.3. The molecule has 0 spiro atoms. The van der Waals surface area contributed by atoms with E-state index < -0.39 is 17.9 Å². The van der Waals surface area contributed by atoms with Crippen molar-refractivity contribution in [3.8, 4) is 22.5 Å². The fourth-order valence-corrected chi connectivity index (χ4v) is 4.61. The van der Waals surface area contributed by atoms with Crippen molar-refractivity contribution in [2.24, 2.45) is 0 Å². The van der Waals surface area contributed by atoms with Crippen LogP contribution in [0, 0.1) is 0 Å². The highest BCUT2D eigenvalue weighted by atomic mass is 35.5. The number of nitrogens with one attached hydrogen (secondary N) is 2. The van der Waals surface area contributed by atoms with Crippen molar-refractivity contribution in [2.75, 3.05) is 13.7 Å². The summed E-state index contributed by atoms with van der Waals surface area (Å²) >= 11 is 6.34. The molecule has 4 aromatic carbocycles. The number of halogens is 1. The molecule has 0 aliphatic rings. The van der Waals surface area contributed by atoms with Crippen LogP contribution in [0.3, 0.4) is 0 Å². The van der Waals surface area contributed by atoms with Crippen molar-refractivity contribution < 1.29 is 19.4 Å². The Kier molecular flexibility index (Phi) is 7.22. The highest BCUT2D eigenvalue weighted by molar-refractivity contribution is 6.31. The highest BCUT2D eigenvalue weighted by Crippen LogP contribution is 2.36. The number of methoxy groups -OCH3 is 1. The van der Waals surface area contributed by atoms with Crippen molar-refractivity contribution in [3.05, 3.63) is 113 Å². The van der Waals surface area contributed by atoms with Crippen molar-refractivity contribution in [1.29, 1.82) is 0 Å². The maximum Gasteiger partial charge on any atom is 0.336 e. The number of nitrogens with zero attached hydrogens (tertiary/aromatic N) is 1. The summed E-state index contributed by atoms with van der Waals surface area (Å²) in [5.41, 5.74) is 4.42. The molecule has 190 valence electrons. The number of rotatable bonds is 8. The fourth-order valence-electron chi connectivity index (χ4n) is 4.44. The van der Waals surface area contributed by atoms with E-state index >= 15 is 0 Å². The average molecular weight is 526 g/mol. The SMILES string of the molecule is COCC(NC(=O)c1ccc(-c2cc(Cl)ccc2-c2nc3ccccc3[nH]2)c(C(=O)O)c1)c1ccccc1. The maximum absolute atomic E-state index is 13.2. The van der Waals surface area contributed by atoms with Gasteiger partial charge in [0.1, 0.15) is 5.82 Å². The molecular formula is C30H24ClN3O4. The third kappa shape index (κ3) is 5.16. The molecule has 0 bridgehead atoms. The maximum atomic E-state index is 13.2. The van der Waals surface area contributed by atoms with Crippen molar-refractivity contribution >= 4 is 34.5 Å². The number of amides is 1. The Morgan fingerprint density at radius 2 is 1.68 bits per heavy atom. The third-order valence-corrected chi connectivity index (χ3v) is 6.50. The van der Waals surface area contributed by atoms with Crippen LogP contribution in [-0.4, -0.2) is 40.7 Å². The van der Waals surface area contributed by atoms with Gasteiger partial charge in [-0.15, -0.1) is 0 Å². The molecule has 7 nitrogen and oxygen atoms in total. The molecule has 0 saturated heterocycles. The third-order valence-electron chi connectivity index (χ3n) is 6.27. The monoisotopic (exact) mass is 525 g/mol. The van der Waals surface area contributed by atoms with Crippen LogP contribution in [0.1, 0.15) is 32.3 Å². The Morgan fingerprint density at radius 1 is 0.947 bits per heavy atom. The van der Waals surface area contributed by atoms with E-state index in [-0.39, 0.29) is 17.7 Å². The minimum atomic E-state index is -1.17. The summed E-state index contributed by atoms with van der Waals surface area (Å²) < 4.78 is 5.29. The minimum absolute atomic E-state index is 0.0275. The normalized spacial score (nSPS) is 11.8. The highest BCUT2D eigenvalue weighted by Gasteiger charge is 2.21. The van der Waals surface area contributed by atoms with E-state index in [0.29, 0.717) is 27.5 Å². The Balaban J connectivity index is 1.54. The molecule has 8 heteroatoms. The summed E-state index contributed by atoms with van der Waals surface area (Å²) in [5, 5.41) is 13.5. The zero-order valence-electron chi connectivity index (χ0n) is 20.4. The van der Waals surface area contributed by atoms with Gasteiger partial charge in [-0.1, -0.05) is 60.1 Å². The molecule has 5 rings (SSSR count). The number of carbonyl (C=O) groups excluding carboxylic acids is 1. The van der Waals surface area contributed by atoms with E-state index in [1.807, 2.05) is 54.6 Å². The lowest BCUT2D eigenvalue weighted by atomic mass is 9.93. The molecule has 5 aromatic rings. The lowest BCUT2D eigenvalue weighted by Gasteiger charge is -2.19. The number of ether oxygens (including phenoxy) is 1. The van der Waals surface area contributed by atoms with Gasteiger partial charge >= 0.3 is 5.97 Å². The Hall–Kier alpha value is -4.46. The standard InChI is InChI=1S/C30H24ClN3O4/c1-38-17-27(18-7-3-2-4-8-18)34-29(35)19-11-13-21(24(15-19)30(36)37)23-16-20(31)12-14-22(23)28-32-25-9-5-6-10-26(25)33-28/h2-16,27H,17H2,1H3,(H,32,33)(H,34,35)(H,36,37). The van der Waals surface area contributed by atoms with Crippen molar-refractivity contribution in [1.82, 2.24) is 15.3 Å². The number of carboxylic acids is 1. The molecule has 0 saturated carbocycles. The molecule has 0 fully saturated rings. The lowest BCUT2D eigenvalue weighted by molar-refractivity contribution is 0.0697. The van der Waals surface area contributed by atoms with Gasteiger partial charge in [0, 0.05) is 23.3 Å². The van der Waals surface area contributed by atoms with Crippen molar-refractivity contribution in [2.45, 2.75) is 6.04 Å². The number of aromatic nitrogens is 2. The number of para-hydroxylation sites is 2. The van der Waals surface area contributed by atoms with Crippen LogP contribution in [0.25, 0.3) is 33.5 Å². The van der Waals surface area contributed by atoms with Crippen LogP contribution in [0.5, 0.6) is 0 Å². The number of hydrogen-bond donors (Lipinski definition) is 3. The van der Waals surface area contributed by atoms with Crippen LogP contribution in [0.4, 0.5) is 0 Å². The van der Waals surface area contributed by atoms with Gasteiger partial charge in [0.05, 0.1) is 29.2 Å². The first-order valence-electron chi connectivity index (χ1n) is 11.9. The molecule has 1 amide bonds. The summed E-state index contributed by atoms with van der Waals surface area (Å²) in [5.74, 6) is -0.989. The second-order valence-electron chi connectivity index (χ2n) is 8.75. The van der Waals surface area contributed by atoms with Crippen LogP contribution in [0.15, 0.2) is 91.0 Å². The smallest absolute Gasteiger partial charge is 0.336 e. The van der Waals surface area contributed by atoms with E-state index in [2.05, 4.69) is 15.3 Å². The van der Waals surface area contributed by atoms with Crippen LogP contribution < -0.4 is 5.32 Å². The average Bonchev–Trinajstić information content (AvgIpc) is 3.37. The Bertz CT molecular complexity index is 1600. The number of H-pyrrole nitrogens is 1. The molecule has 0 aliphatic heterocycles. The first-order chi connectivity index (χ1) is 18.4. The summed E-state index contributed by atoms with van der Waals surface area (Å²) in [4.78, 5) is 33.5. The lowest BCUT2D eigenvalue weighted by Crippen LogP contribution is -2.31. The van der Waals surface area contributed by atoms with E-state index in [9.17, 15) is 14.7 Å². The molecule has 0 radical (unpaired) electrons. The minimum Gasteiger partial charge on any atom is -0.478 e. The van der Waals surface area contributed by atoms with E-state index in [1.165, 1.54) is 6.07 Å². The van der Waals surface area contributed by atoms with Gasteiger partial charge in [-0.3, -0.25) is 4.79 Å². The molecule has 1 unspecified atom stereocenters. The number of fused-ring (bicyclic) bond motifs is 1. The predicted octanol–water partition coefficient (Wildman–Crippen LogP) is 6.37. The second kappa shape index (κ2) is 10.9. The van der Waals surface area contributed by atoms with E-state index in [4.69, 9.17) is 16.3 Å². The van der Waals surface area contributed by atoms with Gasteiger partial charge in [0.15, 0.2) is 0 Å². The van der Waals surface area contributed by atoms with Gasteiger partial charge in [0.25, 0.3) is 5.91 Å². The quantitative estimate of drug-likeness (QED) is 0.218. The summed E-state index contributed by atoms with van der Waals surface area (Å²) in [6.45, 7) is 0.267. The van der Waals surface area contributed by atoms with Crippen LogP contribution in [0.2, 0.25) is 5.02 Å². The number of aromatic amines is 1. The zero-order valence-corrected chi connectivity index (χ0v) is 21.2. The molecular weight excluding hydrogens is 502 g/mol. The number of benzene rings is 4. The topological polar surface area (TPSA) is 104 Å². The number of carbonyl (C=O) groups is 2. The van der Waals surface area contributed by atoms with Gasteiger partial charge in [0.2, 0.25) is 0 Å². The number of imidazole rings is 1. The molecule has 1 heterocycles. The molecule has 1 atom stereocenters. The fraction of sp³-hybridized carbons (Fsp3) is 0.100. The largest absolute Gasteiger partial charge is 0.478 e. The summed E-state index contributed by atoms with van der Waals surface area (Å²) in [6, 6.07) is 26.5. The van der Waals surface area contributed by atoms with Gasteiger partial charge in [-0.2, -0.15) is 0 Å². The van der Waals surface area contributed by atoms with Crippen molar-refractivity contribution in [3.63, 3.8) is 0 Å². The summed E-state index contributed by atoms with van der Waals surface area (Å²) in [7, 11) is 1.56. The predicted molar refractivity (Wildman–Crippen MR) is 147 cm³/mol. The second-order valence-corrected chi connectivity index (χ2v) is 9.19. The Labute approximate surface area is 224 Å². The number of aromatic carboxylic acids is 1. The van der Waals surface area contributed by atoms with Crippen LogP contribution in [-0.2, 0) is 4.74 Å². The summed E-state index contributed by atoms with van der Waals surface area (Å²) in [6.07, 6.45) is 0. The number of hydrogen-bond acceptors (Lipinski definition) is 4. The Morgan fingerprint density at radius 3 is 2.42 bits per heavy atom. The molecule has 1 aromatic heterocycles. The number of carboxylic acid groups (broad SMARTS) is 1.